The Hall–Kier alpha value is -3.77. The molecule has 2 aliphatic rings. The van der Waals surface area contributed by atoms with Crippen molar-refractivity contribution in [3.8, 4) is 5.75 Å². The van der Waals surface area contributed by atoms with E-state index >= 15 is 4.39 Å². The van der Waals surface area contributed by atoms with Gasteiger partial charge in [0.1, 0.15) is 17.9 Å². The van der Waals surface area contributed by atoms with Crippen LogP contribution in [-0.2, 0) is 16.9 Å². The normalized spacial score (nSPS) is 24.1. The number of methoxy groups -OCH3 is 1. The molecule has 1 aromatic carbocycles. The monoisotopic (exact) mass is 538 g/mol. The SMILES string of the molecule is COC[C@]12C[C@H]1[C@@](C)(c1cc(Nc3nccc4cc(OCc5cnco5)cnc34)cc(F)c1F)N=C(N)S2. The highest BCUT2D eigenvalue weighted by Crippen LogP contribution is 2.66. The van der Waals surface area contributed by atoms with Crippen molar-refractivity contribution in [2.24, 2.45) is 16.6 Å². The number of halogens is 2. The number of hydrogen-bond acceptors (Lipinski definition) is 10. The predicted molar refractivity (Wildman–Crippen MR) is 139 cm³/mol. The van der Waals surface area contributed by atoms with Crippen molar-refractivity contribution >= 4 is 39.3 Å². The number of ether oxygens (including phenoxy) is 2. The number of amidine groups is 1. The summed E-state index contributed by atoms with van der Waals surface area (Å²) in [5.41, 5.74) is 6.08. The van der Waals surface area contributed by atoms with Crippen LogP contribution in [0.2, 0.25) is 0 Å². The van der Waals surface area contributed by atoms with Crippen molar-refractivity contribution < 1.29 is 22.7 Å². The Balaban J connectivity index is 1.31. The fourth-order valence-corrected chi connectivity index (χ4v) is 6.62. The second kappa shape index (κ2) is 9.21. The highest BCUT2D eigenvalue weighted by atomic mass is 32.2. The second-order valence-corrected chi connectivity index (χ2v) is 11.0. The van der Waals surface area contributed by atoms with Crippen molar-refractivity contribution in [3.63, 3.8) is 0 Å². The summed E-state index contributed by atoms with van der Waals surface area (Å²) >= 11 is 1.44. The molecule has 1 aliphatic carbocycles. The number of anilines is 2. The number of hydrogen-bond donors (Lipinski definition) is 2. The van der Waals surface area contributed by atoms with E-state index in [1.165, 1.54) is 18.2 Å². The van der Waals surface area contributed by atoms with Crippen molar-refractivity contribution in [2.75, 3.05) is 19.0 Å². The van der Waals surface area contributed by atoms with Crippen LogP contribution in [0.3, 0.4) is 0 Å². The number of fused-ring (bicyclic) bond motifs is 2. The molecule has 0 amide bonds. The first-order chi connectivity index (χ1) is 18.3. The first-order valence-corrected chi connectivity index (χ1v) is 12.7. The smallest absolute Gasteiger partial charge is 0.181 e. The Kier molecular flexibility index (Phi) is 5.95. The van der Waals surface area contributed by atoms with Crippen LogP contribution in [0, 0.1) is 17.6 Å². The lowest BCUT2D eigenvalue weighted by atomic mass is 9.85. The third-order valence-electron chi connectivity index (χ3n) is 7.02. The topological polar surface area (TPSA) is 121 Å². The lowest BCUT2D eigenvalue weighted by Crippen LogP contribution is -2.37. The molecule has 38 heavy (non-hydrogen) atoms. The summed E-state index contributed by atoms with van der Waals surface area (Å²) in [6, 6.07) is 6.25. The lowest BCUT2D eigenvalue weighted by molar-refractivity contribution is 0.184. The minimum absolute atomic E-state index is 0.0517. The molecular formula is C26H24F2N6O3S. The molecule has 0 saturated heterocycles. The number of benzene rings is 1. The lowest BCUT2D eigenvalue weighted by Gasteiger charge is -2.34. The Bertz CT molecular complexity index is 1550. The zero-order chi connectivity index (χ0) is 26.5. The van der Waals surface area contributed by atoms with Gasteiger partial charge in [-0.15, -0.1) is 0 Å². The minimum Gasteiger partial charge on any atom is -0.484 e. The molecule has 1 aliphatic heterocycles. The van der Waals surface area contributed by atoms with Gasteiger partial charge in [-0.25, -0.2) is 23.7 Å². The minimum atomic E-state index is -1.04. The summed E-state index contributed by atoms with van der Waals surface area (Å²) < 4.78 is 46.2. The van der Waals surface area contributed by atoms with Crippen LogP contribution in [0.15, 0.2) is 58.7 Å². The summed E-state index contributed by atoms with van der Waals surface area (Å²) in [4.78, 5) is 17.3. The summed E-state index contributed by atoms with van der Waals surface area (Å²) in [5, 5.41) is 4.18. The second-order valence-electron chi connectivity index (χ2n) is 9.56. The summed E-state index contributed by atoms with van der Waals surface area (Å²) in [7, 11) is 1.62. The van der Waals surface area contributed by atoms with E-state index in [0.29, 0.717) is 40.3 Å². The van der Waals surface area contributed by atoms with Crippen LogP contribution in [0.25, 0.3) is 10.9 Å². The van der Waals surface area contributed by atoms with E-state index in [1.807, 2.05) is 6.07 Å². The average molecular weight is 539 g/mol. The van der Waals surface area contributed by atoms with Gasteiger partial charge in [-0.05, 0) is 31.5 Å². The fraction of sp³-hybridized carbons (Fsp3) is 0.308. The summed E-state index contributed by atoms with van der Waals surface area (Å²) in [6.45, 7) is 2.45. The number of aromatic nitrogens is 3. The number of aliphatic imine (C=N–C) groups is 1. The number of nitrogens with two attached hydrogens (primary N) is 1. The van der Waals surface area contributed by atoms with Gasteiger partial charge >= 0.3 is 0 Å². The van der Waals surface area contributed by atoms with Crippen LogP contribution < -0.4 is 15.8 Å². The summed E-state index contributed by atoms with van der Waals surface area (Å²) in [5.74, 6) is -0.496. The Morgan fingerprint density at radius 2 is 2.11 bits per heavy atom. The van der Waals surface area contributed by atoms with Gasteiger partial charge in [0.2, 0.25) is 0 Å². The van der Waals surface area contributed by atoms with Crippen molar-refractivity contribution in [1.29, 1.82) is 0 Å². The van der Waals surface area contributed by atoms with Gasteiger partial charge in [-0.2, -0.15) is 0 Å². The molecule has 1 fully saturated rings. The van der Waals surface area contributed by atoms with Crippen LogP contribution in [0.5, 0.6) is 5.75 Å². The summed E-state index contributed by atoms with van der Waals surface area (Å²) in [6.07, 6.45) is 6.80. The number of pyridine rings is 2. The Morgan fingerprint density at radius 3 is 2.89 bits per heavy atom. The number of oxazole rings is 1. The zero-order valence-electron chi connectivity index (χ0n) is 20.6. The number of nitrogens with one attached hydrogen (secondary N) is 1. The number of rotatable bonds is 8. The molecule has 0 unspecified atom stereocenters. The number of thioether (sulfide) groups is 1. The van der Waals surface area contributed by atoms with Crippen LogP contribution >= 0.6 is 11.8 Å². The molecule has 1 saturated carbocycles. The molecule has 6 rings (SSSR count). The van der Waals surface area contributed by atoms with Gasteiger partial charge < -0.3 is 24.9 Å². The maximum atomic E-state index is 15.2. The van der Waals surface area contributed by atoms with Crippen LogP contribution in [-0.4, -0.2) is 38.6 Å². The maximum Gasteiger partial charge on any atom is 0.181 e. The molecule has 0 spiro atoms. The van der Waals surface area contributed by atoms with E-state index in [2.05, 4.69) is 25.3 Å². The zero-order valence-corrected chi connectivity index (χ0v) is 21.4. The molecule has 4 heterocycles. The Labute approximate surface area is 220 Å². The molecule has 0 bridgehead atoms. The van der Waals surface area contributed by atoms with Gasteiger partial charge in [0.15, 0.2) is 34.8 Å². The molecular weight excluding hydrogens is 514 g/mol. The van der Waals surface area contributed by atoms with Crippen LogP contribution in [0.4, 0.5) is 20.3 Å². The van der Waals surface area contributed by atoms with Crippen molar-refractivity contribution in [1.82, 2.24) is 15.0 Å². The van der Waals surface area contributed by atoms with Gasteiger partial charge in [-0.1, -0.05) is 11.8 Å². The standard InChI is InChI=1S/C26H24F2N6O3S/c1-25(20-8-26(20,12-35-2)38-24(29)34-25)18-6-15(7-19(27)21(18)28)33-23-22-14(3-4-31-23)5-16(10-32-22)36-11-17-9-30-13-37-17/h3-7,9-10,13,20H,8,11-12H2,1-2H3,(H2,29,34)(H,31,33)/t20-,25+,26+/m0/s1. The van der Waals surface area contributed by atoms with Crippen LogP contribution in [0.1, 0.15) is 24.7 Å². The third kappa shape index (κ3) is 4.23. The highest BCUT2D eigenvalue weighted by Gasteiger charge is 2.66. The first-order valence-electron chi connectivity index (χ1n) is 11.9. The van der Waals surface area contributed by atoms with Gasteiger partial charge in [0.05, 0.1) is 29.3 Å². The molecule has 12 heteroatoms. The molecule has 9 nitrogen and oxygen atoms in total. The first kappa shape index (κ1) is 24.6. The number of nitrogens with zero attached hydrogens (tertiary/aromatic N) is 4. The van der Waals surface area contributed by atoms with Crippen molar-refractivity contribution in [2.45, 2.75) is 30.2 Å². The highest BCUT2D eigenvalue weighted by molar-refractivity contribution is 8.15. The molecule has 4 aromatic rings. The molecule has 3 atom stereocenters. The van der Waals surface area contributed by atoms with E-state index in [-0.39, 0.29) is 22.8 Å². The molecule has 0 radical (unpaired) electrons. The molecule has 3 aromatic heterocycles. The molecule has 3 N–H and O–H groups in total. The van der Waals surface area contributed by atoms with E-state index < -0.39 is 17.2 Å². The van der Waals surface area contributed by atoms with Gasteiger partial charge in [0.25, 0.3) is 0 Å². The third-order valence-corrected chi connectivity index (χ3v) is 8.29. The Morgan fingerprint density at radius 1 is 1.24 bits per heavy atom. The van der Waals surface area contributed by atoms with E-state index in [9.17, 15) is 4.39 Å². The average Bonchev–Trinajstić information content (AvgIpc) is 3.36. The largest absolute Gasteiger partial charge is 0.484 e. The van der Waals surface area contributed by atoms with E-state index in [0.717, 1.165) is 17.9 Å². The van der Waals surface area contributed by atoms with Gasteiger partial charge in [0, 0.05) is 41.9 Å². The van der Waals surface area contributed by atoms with E-state index in [4.69, 9.17) is 19.6 Å². The van der Waals surface area contributed by atoms with E-state index in [1.54, 1.807) is 44.8 Å². The van der Waals surface area contributed by atoms with Crippen molar-refractivity contribution in [3.05, 3.63) is 72.2 Å². The predicted octanol–water partition coefficient (Wildman–Crippen LogP) is 4.90. The molecule has 196 valence electrons. The maximum absolute atomic E-state index is 15.2. The van der Waals surface area contributed by atoms with Gasteiger partial charge in [-0.3, -0.25) is 4.99 Å². The quantitative estimate of drug-likeness (QED) is 0.323. The fourth-order valence-electron chi connectivity index (χ4n) is 5.17.